The molecule has 1 N–H and O–H groups in total. The molecule has 41 valence electrons. The second-order valence-corrected chi connectivity index (χ2v) is 2.12. The van der Waals surface area contributed by atoms with Crippen LogP contribution in [0.4, 0.5) is 0 Å². The largest absolute Gasteiger partial charge is 0.387 e. The molecule has 1 radical (unpaired) electrons. The van der Waals surface area contributed by atoms with E-state index >= 15 is 0 Å². The summed E-state index contributed by atoms with van der Waals surface area (Å²) in [4.78, 5) is 0. The summed E-state index contributed by atoms with van der Waals surface area (Å²) in [5, 5.41) is 13.0. The summed E-state index contributed by atoms with van der Waals surface area (Å²) in [6.07, 6.45) is 0.844. The Balaban J connectivity index is 2.29. The monoisotopic (exact) mass is 100 g/mol. The van der Waals surface area contributed by atoms with Gasteiger partial charge >= 0.3 is 0 Å². The van der Waals surface area contributed by atoms with Crippen molar-refractivity contribution in [2.75, 3.05) is 13.1 Å². The van der Waals surface area contributed by atoms with Gasteiger partial charge in [-0.3, -0.25) is 0 Å². The average Bonchev–Trinajstić information content (AvgIpc) is 1.61. The molecule has 0 unspecified atom stereocenters. The van der Waals surface area contributed by atoms with Crippen LogP contribution in [0, 0.1) is 0 Å². The molecule has 0 bridgehead atoms. The highest BCUT2D eigenvalue weighted by atomic mass is 16.3. The normalized spacial score (nSPS) is 26.6. The van der Waals surface area contributed by atoms with Gasteiger partial charge in [0.1, 0.15) is 0 Å². The topological polar surface area (TPSA) is 34.3 Å². The van der Waals surface area contributed by atoms with Gasteiger partial charge in [0.2, 0.25) is 0 Å². The van der Waals surface area contributed by atoms with Crippen LogP contribution in [0.25, 0.3) is 0 Å². The van der Waals surface area contributed by atoms with E-state index in [2.05, 4.69) is 5.32 Å². The molecule has 2 heteroatoms. The fourth-order valence-electron chi connectivity index (χ4n) is 0.594. The molecule has 1 saturated heterocycles. The van der Waals surface area contributed by atoms with Gasteiger partial charge < -0.3 is 5.11 Å². The minimum absolute atomic E-state index is 0.403. The van der Waals surface area contributed by atoms with E-state index in [4.69, 9.17) is 5.11 Å². The Hall–Kier alpha value is -0.0800. The van der Waals surface area contributed by atoms with Gasteiger partial charge in [0.05, 0.1) is 5.60 Å². The van der Waals surface area contributed by atoms with Gasteiger partial charge in [-0.25, -0.2) is 5.32 Å². The number of rotatable bonds is 1. The standard InChI is InChI=1S/C5H10NO/c1-2-5(7)3-6-4-5/h7H,2-4H2,1H3. The van der Waals surface area contributed by atoms with E-state index in [9.17, 15) is 0 Å². The zero-order chi connectivity index (χ0) is 5.33. The maximum atomic E-state index is 9.12. The number of nitrogens with zero attached hydrogens (tertiary/aromatic N) is 1. The summed E-state index contributed by atoms with van der Waals surface area (Å²) < 4.78 is 0. The van der Waals surface area contributed by atoms with Crippen LogP contribution in [0.2, 0.25) is 0 Å². The lowest BCUT2D eigenvalue weighted by Crippen LogP contribution is -2.54. The summed E-state index contributed by atoms with van der Waals surface area (Å²) in [5.41, 5.74) is -0.403. The summed E-state index contributed by atoms with van der Waals surface area (Å²) >= 11 is 0. The first kappa shape index (κ1) is 5.06. The zero-order valence-electron chi connectivity index (χ0n) is 4.52. The predicted molar refractivity (Wildman–Crippen MR) is 27.1 cm³/mol. The summed E-state index contributed by atoms with van der Waals surface area (Å²) in [6.45, 7) is 3.29. The molecule has 1 fully saturated rings. The third kappa shape index (κ3) is 0.763. The van der Waals surface area contributed by atoms with Crippen molar-refractivity contribution in [2.45, 2.75) is 18.9 Å². The lowest BCUT2D eigenvalue weighted by Gasteiger charge is -2.34. The third-order valence-corrected chi connectivity index (χ3v) is 1.47. The van der Waals surface area contributed by atoms with Crippen LogP contribution in [-0.2, 0) is 0 Å². The van der Waals surface area contributed by atoms with E-state index in [1.54, 1.807) is 0 Å². The number of aliphatic hydroxyl groups is 1. The fraction of sp³-hybridized carbons (Fsp3) is 1.00. The highest BCUT2D eigenvalue weighted by molar-refractivity contribution is 4.90. The van der Waals surface area contributed by atoms with Crippen molar-refractivity contribution in [2.24, 2.45) is 0 Å². The van der Waals surface area contributed by atoms with Gasteiger partial charge in [-0.2, -0.15) is 0 Å². The van der Waals surface area contributed by atoms with Crippen molar-refractivity contribution >= 4 is 0 Å². The SMILES string of the molecule is CCC1(O)C[N]C1. The maximum absolute atomic E-state index is 9.12. The van der Waals surface area contributed by atoms with E-state index in [0.29, 0.717) is 13.1 Å². The second-order valence-electron chi connectivity index (χ2n) is 2.12. The van der Waals surface area contributed by atoms with E-state index in [0.717, 1.165) is 6.42 Å². The second kappa shape index (κ2) is 1.46. The third-order valence-electron chi connectivity index (χ3n) is 1.47. The Kier molecular flexibility index (Phi) is 1.05. The summed E-state index contributed by atoms with van der Waals surface area (Å²) in [5.74, 6) is 0. The molecular formula is C5H10NO. The van der Waals surface area contributed by atoms with Crippen LogP contribution < -0.4 is 5.32 Å². The van der Waals surface area contributed by atoms with E-state index < -0.39 is 5.60 Å². The molecule has 2 nitrogen and oxygen atoms in total. The first-order valence-electron chi connectivity index (χ1n) is 2.62. The quantitative estimate of drug-likeness (QED) is 0.484. The highest BCUT2D eigenvalue weighted by Gasteiger charge is 2.32. The van der Waals surface area contributed by atoms with Gasteiger partial charge in [0.25, 0.3) is 0 Å². The number of hydrogen-bond donors (Lipinski definition) is 1. The summed E-state index contributed by atoms with van der Waals surface area (Å²) in [7, 11) is 0. The van der Waals surface area contributed by atoms with Crippen LogP contribution in [0.3, 0.4) is 0 Å². The maximum Gasteiger partial charge on any atom is 0.0925 e. The van der Waals surface area contributed by atoms with E-state index in [-0.39, 0.29) is 0 Å². The first-order valence-corrected chi connectivity index (χ1v) is 2.62. The molecule has 1 heterocycles. The van der Waals surface area contributed by atoms with Crippen molar-refractivity contribution in [3.8, 4) is 0 Å². The van der Waals surface area contributed by atoms with E-state index in [1.165, 1.54) is 0 Å². The Bertz CT molecular complexity index is 63.0. The molecule has 1 rings (SSSR count). The van der Waals surface area contributed by atoms with Gasteiger partial charge in [0.15, 0.2) is 0 Å². The van der Waals surface area contributed by atoms with Crippen molar-refractivity contribution < 1.29 is 5.11 Å². The van der Waals surface area contributed by atoms with Gasteiger partial charge in [-0.15, -0.1) is 0 Å². The molecule has 0 aromatic carbocycles. The predicted octanol–water partition coefficient (Wildman–Crippen LogP) is -0.254. The molecule has 0 aliphatic carbocycles. The van der Waals surface area contributed by atoms with Crippen molar-refractivity contribution in [1.82, 2.24) is 5.32 Å². The molecular weight excluding hydrogens is 90.1 g/mol. The highest BCUT2D eigenvalue weighted by Crippen LogP contribution is 2.14. The van der Waals surface area contributed by atoms with Crippen LogP contribution in [-0.4, -0.2) is 23.8 Å². The van der Waals surface area contributed by atoms with Crippen molar-refractivity contribution in [3.63, 3.8) is 0 Å². The first-order chi connectivity index (χ1) is 3.27. The Morgan fingerprint density at radius 3 is 2.29 bits per heavy atom. The zero-order valence-corrected chi connectivity index (χ0v) is 4.52. The lowest BCUT2D eigenvalue weighted by atomic mass is 9.95. The van der Waals surface area contributed by atoms with E-state index in [1.807, 2.05) is 6.92 Å². The van der Waals surface area contributed by atoms with Crippen molar-refractivity contribution in [1.29, 1.82) is 0 Å². The molecule has 0 saturated carbocycles. The number of hydrogen-bond acceptors (Lipinski definition) is 1. The Morgan fingerprint density at radius 2 is 2.29 bits per heavy atom. The molecule has 0 amide bonds. The molecule has 7 heavy (non-hydrogen) atoms. The Morgan fingerprint density at radius 1 is 1.71 bits per heavy atom. The average molecular weight is 100 g/mol. The molecule has 0 spiro atoms. The minimum Gasteiger partial charge on any atom is -0.387 e. The van der Waals surface area contributed by atoms with Crippen LogP contribution >= 0.6 is 0 Å². The minimum atomic E-state index is -0.403. The molecule has 1 aliphatic heterocycles. The molecule has 0 aromatic heterocycles. The fourth-order valence-corrected chi connectivity index (χ4v) is 0.594. The molecule has 1 aliphatic rings. The van der Waals surface area contributed by atoms with Crippen LogP contribution in [0.1, 0.15) is 13.3 Å². The Labute approximate surface area is 43.5 Å². The van der Waals surface area contributed by atoms with Gasteiger partial charge in [0, 0.05) is 13.1 Å². The lowest BCUT2D eigenvalue weighted by molar-refractivity contribution is -0.0155. The van der Waals surface area contributed by atoms with Crippen LogP contribution in [0.5, 0.6) is 0 Å². The summed E-state index contributed by atoms with van der Waals surface area (Å²) in [6, 6.07) is 0. The van der Waals surface area contributed by atoms with Crippen molar-refractivity contribution in [3.05, 3.63) is 0 Å². The molecule has 0 aromatic rings. The molecule has 0 atom stereocenters. The van der Waals surface area contributed by atoms with Crippen LogP contribution in [0.15, 0.2) is 0 Å². The van der Waals surface area contributed by atoms with Gasteiger partial charge in [-0.05, 0) is 6.42 Å². The van der Waals surface area contributed by atoms with Gasteiger partial charge in [-0.1, -0.05) is 6.92 Å². The smallest absolute Gasteiger partial charge is 0.0925 e.